The molecule has 0 radical (unpaired) electrons. The Morgan fingerprint density at radius 3 is 2.69 bits per heavy atom. The van der Waals surface area contributed by atoms with Crippen LogP contribution in [0.5, 0.6) is 0 Å². The molecule has 2 N–H and O–H groups in total. The van der Waals surface area contributed by atoms with Crippen LogP contribution in [0.1, 0.15) is 44.5 Å². The van der Waals surface area contributed by atoms with Crippen LogP contribution in [0.25, 0.3) is 0 Å². The summed E-state index contributed by atoms with van der Waals surface area (Å²) in [6.45, 7) is 2.16. The van der Waals surface area contributed by atoms with Gasteiger partial charge in [-0.2, -0.15) is 0 Å². The lowest BCUT2D eigenvalue weighted by Gasteiger charge is -2.18. The molecule has 0 aliphatic heterocycles. The smallest absolute Gasteiger partial charge is 0.282 e. The number of carbonyl (C=O) groups excluding carboxylic acids is 2. The Kier molecular flexibility index (Phi) is 5.03. The van der Waals surface area contributed by atoms with Gasteiger partial charge in [0.2, 0.25) is 0 Å². The number of amides is 2. The molecule has 2 amide bonds. The Morgan fingerprint density at radius 1 is 1.27 bits per heavy atom. The lowest BCUT2D eigenvalue weighted by molar-refractivity contribution is -0.385. The molecule has 1 atom stereocenters. The van der Waals surface area contributed by atoms with E-state index >= 15 is 0 Å². The van der Waals surface area contributed by atoms with Crippen LogP contribution in [0.3, 0.4) is 0 Å². The maximum absolute atomic E-state index is 12.6. The maximum Gasteiger partial charge on any atom is 0.282 e. The van der Waals surface area contributed by atoms with Crippen LogP contribution in [0.15, 0.2) is 24.3 Å². The van der Waals surface area contributed by atoms with Gasteiger partial charge in [-0.3, -0.25) is 19.7 Å². The largest absolute Gasteiger partial charge is 0.355 e. The maximum atomic E-state index is 12.6. The van der Waals surface area contributed by atoms with E-state index in [4.69, 9.17) is 0 Å². The summed E-state index contributed by atoms with van der Waals surface area (Å²) >= 11 is 1.38. The third-order valence-corrected chi connectivity index (χ3v) is 5.71. The monoisotopic (exact) mass is 373 g/mol. The molecule has 0 fully saturated rings. The molecule has 26 heavy (non-hydrogen) atoms. The number of para-hydroxylation sites is 1. The van der Waals surface area contributed by atoms with Crippen molar-refractivity contribution >= 4 is 33.8 Å². The van der Waals surface area contributed by atoms with Gasteiger partial charge in [0.1, 0.15) is 10.6 Å². The lowest BCUT2D eigenvalue weighted by Crippen LogP contribution is -2.23. The van der Waals surface area contributed by atoms with Crippen LogP contribution < -0.4 is 10.6 Å². The number of hydrogen-bond donors (Lipinski definition) is 2. The number of fused-ring (bicyclic) bond motifs is 1. The Labute approximate surface area is 154 Å². The second-order valence-corrected chi connectivity index (χ2v) is 7.47. The van der Waals surface area contributed by atoms with Crippen molar-refractivity contribution in [3.63, 3.8) is 0 Å². The van der Waals surface area contributed by atoms with Crippen LogP contribution >= 0.6 is 11.3 Å². The minimum Gasteiger partial charge on any atom is -0.355 e. The molecule has 3 rings (SSSR count). The van der Waals surface area contributed by atoms with Gasteiger partial charge in [0.05, 0.1) is 10.5 Å². The molecular weight excluding hydrogens is 354 g/mol. The van der Waals surface area contributed by atoms with E-state index in [1.807, 2.05) is 0 Å². The van der Waals surface area contributed by atoms with Crippen molar-refractivity contribution in [1.29, 1.82) is 0 Å². The van der Waals surface area contributed by atoms with Gasteiger partial charge in [0.15, 0.2) is 0 Å². The van der Waals surface area contributed by atoms with E-state index in [1.54, 1.807) is 13.1 Å². The molecule has 1 unspecified atom stereocenters. The minimum absolute atomic E-state index is 0.0277. The fourth-order valence-corrected chi connectivity index (χ4v) is 4.60. The molecule has 1 aromatic carbocycles. The highest BCUT2D eigenvalue weighted by Gasteiger charge is 2.29. The van der Waals surface area contributed by atoms with E-state index in [1.165, 1.54) is 29.5 Å². The quantitative estimate of drug-likeness (QED) is 0.633. The zero-order valence-electron chi connectivity index (χ0n) is 14.5. The molecule has 1 heterocycles. The van der Waals surface area contributed by atoms with Gasteiger partial charge in [0, 0.05) is 18.0 Å². The summed E-state index contributed by atoms with van der Waals surface area (Å²) in [5, 5.41) is 17.0. The van der Waals surface area contributed by atoms with Gasteiger partial charge >= 0.3 is 0 Å². The number of nitrogens with one attached hydrogen (secondary N) is 2. The number of benzene rings is 1. The number of hydrogen-bond acceptors (Lipinski definition) is 5. The minimum atomic E-state index is -0.589. The molecule has 1 aliphatic carbocycles. The molecular formula is C18H19N3O4S. The molecule has 1 aromatic heterocycles. The number of rotatable bonds is 4. The SMILES string of the molecule is CNC(=O)c1c(NC(=O)c2ccccc2[N+](=O)[O-])sc2c1CCC(C)C2. The van der Waals surface area contributed by atoms with Gasteiger partial charge in [-0.25, -0.2) is 0 Å². The third kappa shape index (κ3) is 3.32. The van der Waals surface area contributed by atoms with Crippen LogP contribution in [-0.2, 0) is 12.8 Å². The summed E-state index contributed by atoms with van der Waals surface area (Å²) in [4.78, 5) is 36.7. The summed E-state index contributed by atoms with van der Waals surface area (Å²) in [6.07, 6.45) is 2.65. The second-order valence-electron chi connectivity index (χ2n) is 6.36. The van der Waals surface area contributed by atoms with Crippen molar-refractivity contribution in [1.82, 2.24) is 5.32 Å². The summed E-state index contributed by atoms with van der Waals surface area (Å²) in [7, 11) is 1.55. The number of nitrogens with zero attached hydrogens (tertiary/aromatic N) is 1. The molecule has 2 aromatic rings. The van der Waals surface area contributed by atoms with E-state index in [0.29, 0.717) is 16.5 Å². The fraction of sp³-hybridized carbons (Fsp3) is 0.333. The Bertz CT molecular complexity index is 891. The third-order valence-electron chi connectivity index (χ3n) is 4.54. The zero-order chi connectivity index (χ0) is 18.8. The van der Waals surface area contributed by atoms with Gasteiger partial charge in [-0.1, -0.05) is 19.1 Å². The summed E-state index contributed by atoms with van der Waals surface area (Å²) in [5.41, 5.74) is 1.16. The van der Waals surface area contributed by atoms with Crippen LogP contribution in [0, 0.1) is 16.0 Å². The molecule has 0 saturated heterocycles. The van der Waals surface area contributed by atoms with E-state index in [2.05, 4.69) is 17.6 Å². The van der Waals surface area contributed by atoms with Crippen molar-refractivity contribution in [3.05, 3.63) is 55.9 Å². The number of nitro groups is 1. The first-order chi connectivity index (χ1) is 12.4. The van der Waals surface area contributed by atoms with Crippen molar-refractivity contribution in [2.45, 2.75) is 26.2 Å². The normalized spacial score (nSPS) is 15.8. The first-order valence-corrected chi connectivity index (χ1v) is 9.15. The highest BCUT2D eigenvalue weighted by Crippen LogP contribution is 2.40. The molecule has 0 bridgehead atoms. The molecule has 0 spiro atoms. The highest BCUT2D eigenvalue weighted by atomic mass is 32.1. The van der Waals surface area contributed by atoms with Crippen molar-refractivity contribution in [2.24, 2.45) is 5.92 Å². The van der Waals surface area contributed by atoms with Crippen LogP contribution in [0.4, 0.5) is 10.7 Å². The average Bonchev–Trinajstić information content (AvgIpc) is 2.97. The molecule has 1 aliphatic rings. The Morgan fingerprint density at radius 2 is 2.00 bits per heavy atom. The summed E-state index contributed by atoms with van der Waals surface area (Å²) in [5.74, 6) is -0.318. The number of anilines is 1. The molecule has 136 valence electrons. The molecule has 8 heteroatoms. The molecule has 0 saturated carbocycles. The first-order valence-electron chi connectivity index (χ1n) is 8.33. The average molecular weight is 373 g/mol. The highest BCUT2D eigenvalue weighted by molar-refractivity contribution is 7.17. The van der Waals surface area contributed by atoms with E-state index < -0.39 is 10.8 Å². The van der Waals surface area contributed by atoms with Crippen LogP contribution in [-0.4, -0.2) is 23.8 Å². The number of carbonyl (C=O) groups is 2. The van der Waals surface area contributed by atoms with Crippen LogP contribution in [0.2, 0.25) is 0 Å². The van der Waals surface area contributed by atoms with Gasteiger partial charge in [-0.05, 0) is 36.8 Å². The summed E-state index contributed by atoms with van der Waals surface area (Å²) in [6, 6.07) is 5.77. The van der Waals surface area contributed by atoms with Gasteiger partial charge < -0.3 is 10.6 Å². The summed E-state index contributed by atoms with van der Waals surface area (Å²) < 4.78 is 0. The van der Waals surface area contributed by atoms with Crippen molar-refractivity contribution in [2.75, 3.05) is 12.4 Å². The van der Waals surface area contributed by atoms with E-state index in [-0.39, 0.29) is 17.2 Å². The predicted molar refractivity (Wildman–Crippen MR) is 99.9 cm³/mol. The topological polar surface area (TPSA) is 101 Å². The lowest BCUT2D eigenvalue weighted by atomic mass is 9.88. The van der Waals surface area contributed by atoms with Crippen molar-refractivity contribution < 1.29 is 14.5 Å². The number of nitro benzene ring substituents is 1. The Balaban J connectivity index is 1.99. The second kappa shape index (κ2) is 7.25. The first kappa shape index (κ1) is 18.1. The Hall–Kier alpha value is -2.74. The predicted octanol–water partition coefficient (Wildman–Crippen LogP) is 3.39. The van der Waals surface area contributed by atoms with E-state index in [0.717, 1.165) is 29.7 Å². The number of thiophene rings is 1. The molecule has 7 nitrogen and oxygen atoms in total. The fourth-order valence-electron chi connectivity index (χ4n) is 3.20. The van der Waals surface area contributed by atoms with Gasteiger partial charge in [0.25, 0.3) is 17.5 Å². The zero-order valence-corrected chi connectivity index (χ0v) is 15.3. The van der Waals surface area contributed by atoms with E-state index in [9.17, 15) is 19.7 Å². The standard InChI is InChI=1S/C18H19N3O4S/c1-10-7-8-12-14(9-10)26-18(15(12)17(23)19-2)20-16(22)11-5-3-4-6-13(11)21(24)25/h3-6,10H,7-9H2,1-2H3,(H,19,23)(H,20,22). The van der Waals surface area contributed by atoms with Gasteiger partial charge in [-0.15, -0.1) is 11.3 Å². The van der Waals surface area contributed by atoms with Crippen molar-refractivity contribution in [3.8, 4) is 0 Å².